The Morgan fingerprint density at radius 2 is 1.81 bits per heavy atom. The highest BCUT2D eigenvalue weighted by Gasteiger charge is 2.21. The molecule has 0 bridgehead atoms. The fourth-order valence-electron chi connectivity index (χ4n) is 1.40. The zero-order valence-corrected chi connectivity index (χ0v) is 10.9. The maximum absolute atomic E-state index is 11.5. The van der Waals surface area contributed by atoms with Gasteiger partial charge >= 0.3 is 5.97 Å². The first kappa shape index (κ1) is 15.1. The zero-order valence-electron chi connectivity index (χ0n) is 10.9. The number of esters is 1. The van der Waals surface area contributed by atoms with Crippen LogP contribution in [0.1, 0.15) is 59.8 Å². The molecule has 0 aromatic carbocycles. The molecule has 94 valence electrons. The van der Waals surface area contributed by atoms with Crippen LogP contribution in [-0.4, -0.2) is 17.9 Å². The van der Waals surface area contributed by atoms with Crippen molar-refractivity contribution >= 4 is 11.8 Å². The van der Waals surface area contributed by atoms with Crippen LogP contribution in [0.3, 0.4) is 0 Å². The van der Waals surface area contributed by atoms with E-state index in [1.54, 1.807) is 6.92 Å². The molecule has 2 atom stereocenters. The Morgan fingerprint density at radius 3 is 2.25 bits per heavy atom. The molecule has 0 aliphatic heterocycles. The predicted molar refractivity (Wildman–Crippen MR) is 64.2 cm³/mol. The van der Waals surface area contributed by atoms with Gasteiger partial charge < -0.3 is 4.74 Å². The number of Topliss-reactive ketones (excluding diaryl/α,β-unsaturated/α-hetero) is 1. The van der Waals surface area contributed by atoms with Crippen molar-refractivity contribution in [3.05, 3.63) is 0 Å². The van der Waals surface area contributed by atoms with Crippen LogP contribution < -0.4 is 0 Å². The topological polar surface area (TPSA) is 43.4 Å². The minimum Gasteiger partial charge on any atom is -0.462 e. The highest BCUT2D eigenvalue weighted by atomic mass is 16.5. The molecule has 3 heteroatoms. The molecular weight excluding hydrogens is 204 g/mol. The summed E-state index contributed by atoms with van der Waals surface area (Å²) in [6.45, 7) is 7.17. The number of hydrogen-bond donors (Lipinski definition) is 0. The van der Waals surface area contributed by atoms with Crippen molar-refractivity contribution in [2.45, 2.75) is 65.9 Å². The molecular formula is C13H24O3. The molecule has 16 heavy (non-hydrogen) atoms. The summed E-state index contributed by atoms with van der Waals surface area (Å²) in [5, 5.41) is 0. The normalized spacial score (nSPS) is 14.2. The third kappa shape index (κ3) is 5.89. The van der Waals surface area contributed by atoms with Crippen molar-refractivity contribution in [1.82, 2.24) is 0 Å². The summed E-state index contributed by atoms with van der Waals surface area (Å²) < 4.78 is 5.31. The van der Waals surface area contributed by atoms with Crippen LogP contribution in [0.25, 0.3) is 0 Å². The van der Waals surface area contributed by atoms with E-state index >= 15 is 0 Å². The second kappa shape index (κ2) is 8.31. The lowest BCUT2D eigenvalue weighted by molar-refractivity contribution is -0.156. The molecule has 0 heterocycles. The van der Waals surface area contributed by atoms with Gasteiger partial charge in [-0.15, -0.1) is 0 Å². The number of ether oxygens (including phenoxy) is 1. The molecule has 0 aromatic heterocycles. The van der Waals surface area contributed by atoms with Gasteiger partial charge in [-0.3, -0.25) is 9.59 Å². The van der Waals surface area contributed by atoms with Crippen molar-refractivity contribution in [2.75, 3.05) is 0 Å². The lowest BCUT2D eigenvalue weighted by atomic mass is 10.1. The minimum atomic E-state index is -0.625. The minimum absolute atomic E-state index is 0.0270. The molecule has 3 nitrogen and oxygen atoms in total. The first-order valence-electron chi connectivity index (χ1n) is 6.23. The largest absolute Gasteiger partial charge is 0.462 e. The molecule has 0 N–H and O–H groups in total. The molecule has 0 fully saturated rings. The Bertz CT molecular complexity index is 223. The third-order valence-electron chi connectivity index (χ3n) is 2.83. The summed E-state index contributed by atoms with van der Waals surface area (Å²) in [5.41, 5.74) is 0. The lowest BCUT2D eigenvalue weighted by Gasteiger charge is -2.17. The molecule has 0 aromatic rings. The van der Waals surface area contributed by atoms with Crippen molar-refractivity contribution in [3.63, 3.8) is 0 Å². The molecule has 0 saturated heterocycles. The highest BCUT2D eigenvalue weighted by molar-refractivity contribution is 5.97. The monoisotopic (exact) mass is 228 g/mol. The molecule has 0 rings (SSSR count). The highest BCUT2D eigenvalue weighted by Crippen LogP contribution is 2.12. The first-order valence-corrected chi connectivity index (χ1v) is 6.23. The van der Waals surface area contributed by atoms with Crippen LogP contribution in [0, 0.1) is 5.92 Å². The van der Waals surface area contributed by atoms with Gasteiger partial charge in [-0.1, -0.05) is 26.7 Å². The van der Waals surface area contributed by atoms with E-state index in [1.807, 2.05) is 6.92 Å². The second-order valence-corrected chi connectivity index (χ2v) is 4.30. The predicted octanol–water partition coefficient (Wildman–Crippen LogP) is 3.11. The van der Waals surface area contributed by atoms with Crippen LogP contribution in [0.5, 0.6) is 0 Å². The Balaban J connectivity index is 4.01. The maximum atomic E-state index is 11.5. The zero-order chi connectivity index (χ0) is 12.6. The Kier molecular flexibility index (Phi) is 7.86. The van der Waals surface area contributed by atoms with Gasteiger partial charge in [-0.25, -0.2) is 0 Å². The number of hydrogen-bond acceptors (Lipinski definition) is 3. The average molecular weight is 228 g/mol. The Morgan fingerprint density at radius 1 is 1.19 bits per heavy atom. The van der Waals surface area contributed by atoms with Crippen LogP contribution in [-0.2, 0) is 14.3 Å². The number of unbranched alkanes of at least 4 members (excludes halogenated alkanes) is 2. The smallest absolute Gasteiger partial charge is 0.316 e. The summed E-state index contributed by atoms with van der Waals surface area (Å²) in [7, 11) is 0. The van der Waals surface area contributed by atoms with Crippen LogP contribution in [0.4, 0.5) is 0 Å². The molecule has 0 amide bonds. The van der Waals surface area contributed by atoms with Gasteiger partial charge in [0.1, 0.15) is 17.8 Å². The van der Waals surface area contributed by atoms with E-state index in [0.717, 1.165) is 32.1 Å². The second-order valence-electron chi connectivity index (χ2n) is 4.30. The number of carbonyl (C=O) groups excluding carboxylic acids is 2. The summed E-state index contributed by atoms with van der Waals surface area (Å²) >= 11 is 0. The van der Waals surface area contributed by atoms with Gasteiger partial charge in [0, 0.05) is 0 Å². The van der Waals surface area contributed by atoms with Gasteiger partial charge in [0.25, 0.3) is 0 Å². The maximum Gasteiger partial charge on any atom is 0.316 e. The summed E-state index contributed by atoms with van der Waals surface area (Å²) in [4.78, 5) is 22.6. The molecule has 2 unspecified atom stereocenters. The fourth-order valence-corrected chi connectivity index (χ4v) is 1.40. The van der Waals surface area contributed by atoms with E-state index in [4.69, 9.17) is 4.74 Å². The van der Waals surface area contributed by atoms with E-state index in [9.17, 15) is 9.59 Å². The van der Waals surface area contributed by atoms with Crippen molar-refractivity contribution in [1.29, 1.82) is 0 Å². The summed E-state index contributed by atoms with van der Waals surface area (Å²) in [5.74, 6) is -1.13. The summed E-state index contributed by atoms with van der Waals surface area (Å²) in [6, 6.07) is 0. The Hall–Kier alpha value is -0.860. The molecule has 0 aliphatic rings. The van der Waals surface area contributed by atoms with Gasteiger partial charge in [0.05, 0.1) is 0 Å². The molecule has 0 spiro atoms. The summed E-state index contributed by atoms with van der Waals surface area (Å²) in [6.07, 6.45) is 5.10. The van der Waals surface area contributed by atoms with Crippen LogP contribution >= 0.6 is 0 Å². The van der Waals surface area contributed by atoms with Gasteiger partial charge in [-0.05, 0) is 33.1 Å². The number of ketones is 1. The van der Waals surface area contributed by atoms with Crippen LogP contribution in [0.2, 0.25) is 0 Å². The van der Waals surface area contributed by atoms with Crippen molar-refractivity contribution in [3.8, 4) is 0 Å². The van der Waals surface area contributed by atoms with Gasteiger partial charge in [0.15, 0.2) is 0 Å². The van der Waals surface area contributed by atoms with E-state index in [1.165, 1.54) is 6.92 Å². The lowest BCUT2D eigenvalue weighted by Crippen LogP contribution is -2.26. The Labute approximate surface area is 98.6 Å². The number of rotatable bonds is 8. The molecule has 0 radical (unpaired) electrons. The number of carbonyl (C=O) groups is 2. The molecule has 0 aliphatic carbocycles. The van der Waals surface area contributed by atoms with Crippen LogP contribution in [0.15, 0.2) is 0 Å². The average Bonchev–Trinajstić information content (AvgIpc) is 2.26. The third-order valence-corrected chi connectivity index (χ3v) is 2.83. The quantitative estimate of drug-likeness (QED) is 0.364. The molecule has 0 saturated carbocycles. The SMILES string of the molecule is CCCCCC(CC)OC(=O)C(C)C(C)=O. The van der Waals surface area contributed by atoms with Gasteiger partial charge in [-0.2, -0.15) is 0 Å². The van der Waals surface area contributed by atoms with Crippen molar-refractivity contribution < 1.29 is 14.3 Å². The van der Waals surface area contributed by atoms with E-state index in [-0.39, 0.29) is 17.9 Å². The van der Waals surface area contributed by atoms with E-state index in [0.29, 0.717) is 0 Å². The first-order chi connectivity index (χ1) is 7.52. The van der Waals surface area contributed by atoms with Crippen molar-refractivity contribution in [2.24, 2.45) is 5.92 Å². The van der Waals surface area contributed by atoms with Gasteiger partial charge in [0.2, 0.25) is 0 Å². The fraction of sp³-hybridized carbons (Fsp3) is 0.846. The van der Waals surface area contributed by atoms with E-state index in [2.05, 4.69) is 6.92 Å². The standard InChI is InChI=1S/C13H24O3/c1-5-7-8-9-12(6-2)16-13(15)10(3)11(4)14/h10,12H,5-9H2,1-4H3. The van der Waals surface area contributed by atoms with E-state index < -0.39 is 5.92 Å².